The molecule has 0 bridgehead atoms. The van der Waals surface area contributed by atoms with Crippen LogP contribution < -0.4 is 0 Å². The van der Waals surface area contributed by atoms with Crippen molar-refractivity contribution < 1.29 is 6.85 Å². The van der Waals surface area contributed by atoms with Crippen molar-refractivity contribution in [2.45, 2.75) is 0 Å². The smallest absolute Gasteiger partial charge is 0.165 e. The SMILES string of the molecule is [2H]c1c([2H])c([2H])c(-c2c3ccccc3c(-c3nc(-c4ccccc4)nc(-c4cc5c6ccccc6ccc5c5ccccc45)n3)c3ccccc23)c([2H])c1[2H]. The lowest BCUT2D eigenvalue weighted by Gasteiger charge is -2.18. The first-order valence-electron chi connectivity index (χ1n) is 19.0. The fourth-order valence-corrected chi connectivity index (χ4v) is 7.38. The predicted molar refractivity (Wildman–Crippen MR) is 209 cm³/mol. The van der Waals surface area contributed by atoms with Crippen LogP contribution in [-0.2, 0) is 0 Å². The van der Waals surface area contributed by atoms with E-state index in [0.717, 1.165) is 70.6 Å². The van der Waals surface area contributed by atoms with Gasteiger partial charge in [0.1, 0.15) is 0 Å². The summed E-state index contributed by atoms with van der Waals surface area (Å²) in [7, 11) is 0. The van der Waals surface area contributed by atoms with Crippen LogP contribution in [0.25, 0.3) is 99.2 Å². The van der Waals surface area contributed by atoms with Crippen LogP contribution in [0.4, 0.5) is 0 Å². The van der Waals surface area contributed by atoms with Gasteiger partial charge in [-0.2, -0.15) is 0 Å². The number of aromatic nitrogens is 3. The fraction of sp³-hybridized carbons (Fsp3) is 0. The molecule has 50 heavy (non-hydrogen) atoms. The molecule has 10 aromatic rings. The molecule has 0 amide bonds. The minimum absolute atomic E-state index is 0.154. The number of nitrogens with zero attached hydrogens (tertiary/aromatic N) is 3. The van der Waals surface area contributed by atoms with Crippen LogP contribution in [-0.4, -0.2) is 15.0 Å². The van der Waals surface area contributed by atoms with E-state index >= 15 is 0 Å². The number of benzene rings is 9. The van der Waals surface area contributed by atoms with Crippen LogP contribution in [0, 0.1) is 0 Å². The zero-order valence-electron chi connectivity index (χ0n) is 31.7. The van der Waals surface area contributed by atoms with E-state index in [9.17, 15) is 0 Å². The summed E-state index contributed by atoms with van der Waals surface area (Å²) in [6, 6.07) is 47.0. The average Bonchev–Trinajstić information content (AvgIpc) is 3.24. The Balaban J connectivity index is 1.34. The first kappa shape index (κ1) is 23.6. The summed E-state index contributed by atoms with van der Waals surface area (Å²) in [6.07, 6.45) is 0. The van der Waals surface area contributed by atoms with E-state index in [4.69, 9.17) is 21.8 Å². The second kappa shape index (κ2) is 11.5. The van der Waals surface area contributed by atoms with Gasteiger partial charge in [0, 0.05) is 16.7 Å². The molecule has 0 N–H and O–H groups in total. The molecule has 0 spiro atoms. The highest BCUT2D eigenvalue weighted by molar-refractivity contribution is 6.22. The third-order valence-electron chi connectivity index (χ3n) is 9.58. The molecule has 1 aromatic heterocycles. The van der Waals surface area contributed by atoms with Gasteiger partial charge in [-0.1, -0.05) is 170 Å². The number of hydrogen-bond acceptors (Lipinski definition) is 3. The minimum Gasteiger partial charge on any atom is -0.208 e. The Bertz CT molecular complexity index is 3130. The Hall–Kier alpha value is -6.71. The van der Waals surface area contributed by atoms with Gasteiger partial charge in [0.25, 0.3) is 0 Å². The molecule has 9 aromatic carbocycles. The molecule has 0 saturated heterocycles. The molecule has 0 atom stereocenters. The first-order chi connectivity index (χ1) is 26.9. The van der Waals surface area contributed by atoms with Crippen molar-refractivity contribution in [3.63, 3.8) is 0 Å². The van der Waals surface area contributed by atoms with Crippen LogP contribution in [0.1, 0.15) is 6.85 Å². The second-order valence-corrected chi connectivity index (χ2v) is 12.4. The monoisotopic (exact) mass is 640 g/mol. The predicted octanol–water partition coefficient (Wildman–Crippen LogP) is 12.3. The van der Waals surface area contributed by atoms with Gasteiger partial charge in [0.2, 0.25) is 0 Å². The summed E-state index contributed by atoms with van der Waals surface area (Å²) in [6.45, 7) is 0. The summed E-state index contributed by atoms with van der Waals surface area (Å²) in [4.78, 5) is 15.7. The second-order valence-electron chi connectivity index (χ2n) is 12.4. The summed E-state index contributed by atoms with van der Waals surface area (Å²) in [5, 5.41) is 9.68. The standard InChI is InChI=1S/C47H29N3/c1-3-16-31(17-4-1)43-37-23-11-13-25-39(37)44(40-26-14-12-24-38(40)43)47-49-45(32-18-5-2-6-19-32)48-46(50-47)42-29-41-33-20-8-7-15-30(33)27-28-36(41)34-21-9-10-22-35(34)42/h1-29H/i1D,3D,4D,16D,17D. The lowest BCUT2D eigenvalue weighted by atomic mass is 9.88. The van der Waals surface area contributed by atoms with Gasteiger partial charge < -0.3 is 0 Å². The van der Waals surface area contributed by atoms with Crippen LogP contribution in [0.3, 0.4) is 0 Å². The highest BCUT2D eigenvalue weighted by Gasteiger charge is 2.21. The van der Waals surface area contributed by atoms with E-state index in [-0.39, 0.29) is 29.7 Å². The fourth-order valence-electron chi connectivity index (χ4n) is 7.38. The van der Waals surface area contributed by atoms with E-state index in [1.165, 1.54) is 0 Å². The molecule has 0 fully saturated rings. The molecule has 0 radical (unpaired) electrons. The maximum Gasteiger partial charge on any atom is 0.165 e. The van der Waals surface area contributed by atoms with E-state index < -0.39 is 6.04 Å². The Morgan fingerprint density at radius 2 is 0.860 bits per heavy atom. The summed E-state index contributed by atoms with van der Waals surface area (Å²) in [5.74, 6) is 1.51. The zero-order chi connectivity index (χ0) is 37.4. The molecule has 1 heterocycles. The largest absolute Gasteiger partial charge is 0.208 e. The molecule has 0 aliphatic heterocycles. The molecule has 0 aliphatic rings. The van der Waals surface area contributed by atoms with Crippen molar-refractivity contribution in [2.75, 3.05) is 0 Å². The molecule has 3 heteroatoms. The van der Waals surface area contributed by atoms with E-state index in [2.05, 4.69) is 60.7 Å². The number of hydrogen-bond donors (Lipinski definition) is 0. The maximum absolute atomic E-state index is 8.96. The van der Waals surface area contributed by atoms with Gasteiger partial charge in [-0.25, -0.2) is 15.0 Å². The van der Waals surface area contributed by atoms with Gasteiger partial charge in [-0.3, -0.25) is 0 Å². The van der Waals surface area contributed by atoms with Crippen LogP contribution >= 0.6 is 0 Å². The van der Waals surface area contributed by atoms with Gasteiger partial charge in [-0.15, -0.1) is 0 Å². The molecule has 0 aliphatic carbocycles. The highest BCUT2D eigenvalue weighted by Crippen LogP contribution is 2.44. The molecule has 0 unspecified atom stereocenters. The quantitative estimate of drug-likeness (QED) is 0.142. The Labute approximate surface area is 296 Å². The van der Waals surface area contributed by atoms with Crippen molar-refractivity contribution in [3.05, 3.63) is 176 Å². The minimum atomic E-state index is -0.427. The van der Waals surface area contributed by atoms with Gasteiger partial charge in [0.05, 0.1) is 6.85 Å². The van der Waals surface area contributed by atoms with Gasteiger partial charge in [-0.05, 0) is 71.1 Å². The van der Waals surface area contributed by atoms with Gasteiger partial charge >= 0.3 is 0 Å². The molecular weight excluding hydrogens is 607 g/mol. The zero-order valence-corrected chi connectivity index (χ0v) is 26.7. The Morgan fingerprint density at radius 1 is 0.340 bits per heavy atom. The summed E-state index contributed by atoms with van der Waals surface area (Å²) < 4.78 is 43.2. The van der Waals surface area contributed by atoms with Crippen molar-refractivity contribution >= 4 is 53.9 Å². The molecular formula is C47H29N3. The average molecular weight is 641 g/mol. The first-order valence-corrected chi connectivity index (χ1v) is 16.5. The summed E-state index contributed by atoms with van der Waals surface area (Å²) >= 11 is 0. The van der Waals surface area contributed by atoms with Gasteiger partial charge in [0.15, 0.2) is 17.5 Å². The lowest BCUT2D eigenvalue weighted by Crippen LogP contribution is -2.02. The van der Waals surface area contributed by atoms with Crippen molar-refractivity contribution in [1.82, 2.24) is 15.0 Å². The molecule has 0 saturated carbocycles. The van der Waals surface area contributed by atoms with Crippen LogP contribution in [0.15, 0.2) is 176 Å². The topological polar surface area (TPSA) is 38.7 Å². The van der Waals surface area contributed by atoms with Crippen molar-refractivity contribution in [2.24, 2.45) is 0 Å². The third kappa shape index (κ3) is 4.48. The third-order valence-corrected chi connectivity index (χ3v) is 9.58. The van der Waals surface area contributed by atoms with Crippen molar-refractivity contribution in [1.29, 1.82) is 0 Å². The Morgan fingerprint density at radius 3 is 1.56 bits per heavy atom. The summed E-state index contributed by atoms with van der Waals surface area (Å²) in [5.41, 5.74) is 3.20. The van der Waals surface area contributed by atoms with E-state index in [0.29, 0.717) is 23.0 Å². The van der Waals surface area contributed by atoms with Crippen LogP contribution in [0.5, 0.6) is 0 Å². The Kier molecular flexibility index (Phi) is 5.41. The van der Waals surface area contributed by atoms with Crippen LogP contribution in [0.2, 0.25) is 0 Å². The van der Waals surface area contributed by atoms with Crippen molar-refractivity contribution in [3.8, 4) is 45.3 Å². The highest BCUT2D eigenvalue weighted by atomic mass is 15.0. The number of rotatable bonds is 4. The van der Waals surface area contributed by atoms with E-state index in [1.807, 2.05) is 84.9 Å². The molecule has 3 nitrogen and oxygen atoms in total. The normalized spacial score (nSPS) is 13.0. The maximum atomic E-state index is 8.96. The lowest BCUT2D eigenvalue weighted by molar-refractivity contribution is 1.08. The number of fused-ring (bicyclic) bond motifs is 7. The molecule has 10 rings (SSSR count). The van der Waals surface area contributed by atoms with E-state index in [1.54, 1.807) is 0 Å². The molecule has 232 valence electrons.